The number of hydrogen-bond donors (Lipinski definition) is 0. The molecule has 1 aromatic carbocycles. The number of aryl methyl sites for hydroxylation is 1. The molecule has 0 N–H and O–H groups in total. The van der Waals surface area contributed by atoms with Gasteiger partial charge in [-0.3, -0.25) is 19.8 Å². The highest BCUT2D eigenvalue weighted by Crippen LogP contribution is 2.33. The van der Waals surface area contributed by atoms with Crippen LogP contribution in [0.15, 0.2) is 39.7 Å². The number of thioether (sulfide) groups is 1. The van der Waals surface area contributed by atoms with Gasteiger partial charge in [-0.25, -0.2) is 0 Å². The lowest BCUT2D eigenvalue weighted by molar-refractivity contribution is -0.385. The second kappa shape index (κ2) is 6.21. The lowest BCUT2D eigenvalue weighted by Crippen LogP contribution is -2.22. The summed E-state index contributed by atoms with van der Waals surface area (Å²) in [7, 11) is 1.62. The molecule has 0 radical (unpaired) electrons. The van der Waals surface area contributed by atoms with Crippen molar-refractivity contribution < 1.29 is 14.1 Å². The van der Waals surface area contributed by atoms with Crippen molar-refractivity contribution in [2.75, 3.05) is 7.05 Å². The van der Waals surface area contributed by atoms with Crippen molar-refractivity contribution in [2.24, 2.45) is 0 Å². The van der Waals surface area contributed by atoms with Crippen molar-refractivity contribution in [3.05, 3.63) is 56.7 Å². The van der Waals surface area contributed by atoms with Crippen LogP contribution in [0.4, 0.5) is 5.69 Å². The zero-order chi connectivity index (χ0) is 17.4. The van der Waals surface area contributed by atoms with Gasteiger partial charge in [0.15, 0.2) is 0 Å². The van der Waals surface area contributed by atoms with Gasteiger partial charge in [0.25, 0.3) is 11.6 Å². The molecule has 1 aliphatic heterocycles. The van der Waals surface area contributed by atoms with Gasteiger partial charge in [-0.2, -0.15) is 0 Å². The van der Waals surface area contributed by atoms with Gasteiger partial charge in [0, 0.05) is 30.3 Å². The molecule has 0 bridgehead atoms. The highest BCUT2D eigenvalue weighted by atomic mass is 32.2. The Bertz CT molecular complexity index is 901. The zero-order valence-corrected chi connectivity index (χ0v) is 14.4. The van der Waals surface area contributed by atoms with Crippen molar-refractivity contribution in [3.8, 4) is 11.3 Å². The molecular formula is C16H12N2O4S2. The quantitative estimate of drug-likeness (QED) is 0.356. The number of nitro groups is 1. The smallest absolute Gasteiger partial charge is 0.273 e. The van der Waals surface area contributed by atoms with E-state index in [4.69, 9.17) is 16.6 Å². The van der Waals surface area contributed by atoms with E-state index >= 15 is 0 Å². The predicted molar refractivity (Wildman–Crippen MR) is 96.5 cm³/mol. The average molecular weight is 360 g/mol. The van der Waals surface area contributed by atoms with Crippen LogP contribution in [0.3, 0.4) is 0 Å². The highest BCUT2D eigenvalue weighted by Gasteiger charge is 2.29. The summed E-state index contributed by atoms with van der Waals surface area (Å²) in [6.07, 6.45) is 1.62. The Morgan fingerprint density at radius 3 is 2.71 bits per heavy atom. The minimum atomic E-state index is -0.421. The summed E-state index contributed by atoms with van der Waals surface area (Å²) in [5.41, 5.74) is 1.23. The Labute approximate surface area is 147 Å². The molecular weight excluding hydrogens is 348 g/mol. The minimum Gasteiger partial charge on any atom is -0.457 e. The normalized spacial score (nSPS) is 16.2. The van der Waals surface area contributed by atoms with E-state index in [1.54, 1.807) is 44.3 Å². The maximum absolute atomic E-state index is 12.0. The molecule has 1 aromatic heterocycles. The topological polar surface area (TPSA) is 76.6 Å². The molecule has 1 aliphatic rings. The summed E-state index contributed by atoms with van der Waals surface area (Å²) in [4.78, 5) is 24.5. The number of furan rings is 1. The lowest BCUT2D eigenvalue weighted by Gasteiger charge is -2.03. The molecule has 8 heteroatoms. The van der Waals surface area contributed by atoms with Crippen LogP contribution in [-0.2, 0) is 4.79 Å². The van der Waals surface area contributed by atoms with Crippen molar-refractivity contribution in [3.63, 3.8) is 0 Å². The number of carbonyl (C=O) groups is 1. The first-order chi connectivity index (χ1) is 11.4. The molecule has 0 unspecified atom stereocenters. The maximum Gasteiger partial charge on any atom is 0.273 e. The second-order valence-corrected chi connectivity index (χ2v) is 6.88. The van der Waals surface area contributed by atoms with Crippen molar-refractivity contribution in [1.82, 2.24) is 4.90 Å². The third-order valence-corrected chi connectivity index (χ3v) is 5.06. The number of likely N-dealkylation sites (N-methyl/N-ethyl adjacent to an activating group) is 1. The van der Waals surface area contributed by atoms with Crippen LogP contribution in [0.25, 0.3) is 17.4 Å². The highest BCUT2D eigenvalue weighted by molar-refractivity contribution is 8.26. The number of benzene rings is 1. The Morgan fingerprint density at radius 2 is 2.08 bits per heavy atom. The van der Waals surface area contributed by atoms with Crippen LogP contribution >= 0.6 is 24.0 Å². The molecule has 2 heterocycles. The molecule has 1 saturated heterocycles. The second-order valence-electron chi connectivity index (χ2n) is 5.20. The summed E-state index contributed by atoms with van der Waals surface area (Å²) in [5, 5.41) is 11.0. The molecule has 0 spiro atoms. The molecule has 0 aliphatic carbocycles. The monoisotopic (exact) mass is 360 g/mol. The van der Waals surface area contributed by atoms with E-state index in [0.717, 1.165) is 0 Å². The van der Waals surface area contributed by atoms with Gasteiger partial charge in [-0.15, -0.1) is 0 Å². The molecule has 6 nitrogen and oxygen atoms in total. The van der Waals surface area contributed by atoms with Gasteiger partial charge in [0.1, 0.15) is 15.8 Å². The van der Waals surface area contributed by atoms with Crippen molar-refractivity contribution >= 4 is 46.0 Å². The van der Waals surface area contributed by atoms with E-state index in [-0.39, 0.29) is 11.6 Å². The van der Waals surface area contributed by atoms with E-state index < -0.39 is 4.92 Å². The van der Waals surface area contributed by atoms with E-state index in [1.807, 2.05) is 0 Å². The molecule has 24 heavy (non-hydrogen) atoms. The number of nitro benzene ring substituents is 1. The molecule has 0 saturated carbocycles. The molecule has 1 fully saturated rings. The Hall–Kier alpha value is -2.45. The fourth-order valence-corrected chi connectivity index (χ4v) is 3.38. The third-order valence-electron chi connectivity index (χ3n) is 3.58. The number of amides is 1. The fraction of sp³-hybridized carbons (Fsp3) is 0.125. The first-order valence-corrected chi connectivity index (χ1v) is 8.16. The molecule has 1 amide bonds. The summed E-state index contributed by atoms with van der Waals surface area (Å²) >= 11 is 6.29. The van der Waals surface area contributed by atoms with E-state index in [9.17, 15) is 14.9 Å². The van der Waals surface area contributed by atoms with E-state index in [2.05, 4.69) is 0 Å². The summed E-state index contributed by atoms with van der Waals surface area (Å²) in [6, 6.07) is 8.34. The zero-order valence-electron chi connectivity index (χ0n) is 12.8. The van der Waals surface area contributed by atoms with Crippen LogP contribution in [0.2, 0.25) is 0 Å². The molecule has 122 valence electrons. The van der Waals surface area contributed by atoms with Gasteiger partial charge >= 0.3 is 0 Å². The van der Waals surface area contributed by atoms with Gasteiger partial charge in [-0.05, 0) is 19.1 Å². The van der Waals surface area contributed by atoms with Gasteiger partial charge in [0.05, 0.1) is 9.83 Å². The Balaban J connectivity index is 1.92. The molecule has 2 aromatic rings. The number of thiocarbonyl (C=S) groups is 1. The standard InChI is InChI=1S/C16H12N2O4S2/c1-9-3-4-10(7-12(9)18(20)21)13-6-5-11(22-13)8-14-15(19)17(2)16(23)24-14/h3-8H,1-2H3/b14-8-. The summed E-state index contributed by atoms with van der Waals surface area (Å²) in [5.74, 6) is 0.812. The number of rotatable bonds is 3. The fourth-order valence-electron chi connectivity index (χ4n) is 2.22. The summed E-state index contributed by atoms with van der Waals surface area (Å²) in [6.45, 7) is 1.68. The minimum absolute atomic E-state index is 0.0392. The van der Waals surface area contributed by atoms with Crippen LogP contribution in [0, 0.1) is 17.0 Å². The Morgan fingerprint density at radius 1 is 1.33 bits per heavy atom. The molecule has 0 atom stereocenters. The number of nitrogens with zero attached hydrogens (tertiary/aromatic N) is 2. The van der Waals surface area contributed by atoms with Gasteiger partial charge < -0.3 is 4.42 Å². The van der Waals surface area contributed by atoms with E-state index in [1.165, 1.54) is 22.7 Å². The first-order valence-electron chi connectivity index (χ1n) is 6.93. The van der Waals surface area contributed by atoms with Gasteiger partial charge in [-0.1, -0.05) is 36.1 Å². The average Bonchev–Trinajstić information content (AvgIpc) is 3.09. The van der Waals surface area contributed by atoms with Crippen LogP contribution in [-0.4, -0.2) is 27.1 Å². The number of carbonyl (C=O) groups excluding carboxylic acids is 1. The Kier molecular flexibility index (Phi) is 4.25. The maximum atomic E-state index is 12.0. The third kappa shape index (κ3) is 2.98. The first kappa shape index (κ1) is 16.4. The predicted octanol–water partition coefficient (Wildman–Crippen LogP) is 3.99. The largest absolute Gasteiger partial charge is 0.457 e. The van der Waals surface area contributed by atoms with E-state index in [0.29, 0.717) is 31.9 Å². The lowest BCUT2D eigenvalue weighted by atomic mass is 10.1. The van der Waals surface area contributed by atoms with Crippen LogP contribution < -0.4 is 0 Å². The SMILES string of the molecule is Cc1ccc(-c2ccc(/C=C3\SC(=S)N(C)C3=O)o2)cc1[N+](=O)[O-]. The molecule has 3 rings (SSSR count). The van der Waals surface area contributed by atoms with Crippen molar-refractivity contribution in [2.45, 2.75) is 6.92 Å². The van der Waals surface area contributed by atoms with Crippen LogP contribution in [0.1, 0.15) is 11.3 Å². The van der Waals surface area contributed by atoms with Crippen molar-refractivity contribution in [1.29, 1.82) is 0 Å². The summed E-state index contributed by atoms with van der Waals surface area (Å²) < 4.78 is 6.19. The van der Waals surface area contributed by atoms with Gasteiger partial charge in [0.2, 0.25) is 0 Å². The number of hydrogen-bond acceptors (Lipinski definition) is 6. The van der Waals surface area contributed by atoms with Crippen LogP contribution in [0.5, 0.6) is 0 Å².